The molecule has 1 aliphatic rings. The largest absolute Gasteiger partial charge is 0.497 e. The fourth-order valence-electron chi connectivity index (χ4n) is 2.60. The minimum absolute atomic E-state index is 0.0915. The van der Waals surface area contributed by atoms with E-state index in [-0.39, 0.29) is 12.3 Å². The molecule has 1 aliphatic heterocycles. The van der Waals surface area contributed by atoms with E-state index in [1.807, 2.05) is 42.5 Å². The van der Waals surface area contributed by atoms with Crippen LogP contribution in [0, 0.1) is 0 Å². The number of aliphatic imine (C=N–C) groups is 1. The molecule has 0 spiro atoms. The Morgan fingerprint density at radius 2 is 1.93 bits per heavy atom. The van der Waals surface area contributed by atoms with Gasteiger partial charge in [0.15, 0.2) is 0 Å². The standard InChI is InChI=1S/C20H21N5O3/c1-28-16-9-7-15(8-10-16)13-21-24-19(26)12-17-20(27)25-23-18(22-17)11-14-5-3-2-4-6-14/h2-10,13,17H,11-12H2,1H3,(H,22,23)(H,24,26)(H,25,27)/b21-13-/t17-/m0/s1. The first-order valence-corrected chi connectivity index (χ1v) is 8.76. The number of benzene rings is 2. The van der Waals surface area contributed by atoms with Crippen LogP contribution in [0.5, 0.6) is 5.75 Å². The molecular weight excluding hydrogens is 358 g/mol. The Morgan fingerprint density at radius 3 is 2.64 bits per heavy atom. The lowest BCUT2D eigenvalue weighted by atomic mass is 10.1. The molecular formula is C20H21N5O3. The summed E-state index contributed by atoms with van der Waals surface area (Å²) in [6, 6.07) is 16.2. The third kappa shape index (κ3) is 5.41. The summed E-state index contributed by atoms with van der Waals surface area (Å²) >= 11 is 0. The molecule has 0 unspecified atom stereocenters. The smallest absolute Gasteiger partial charge is 0.263 e. The van der Waals surface area contributed by atoms with Crippen LogP contribution in [0.15, 0.2) is 64.7 Å². The van der Waals surface area contributed by atoms with Gasteiger partial charge in [-0.05, 0) is 35.4 Å². The molecule has 28 heavy (non-hydrogen) atoms. The number of amides is 2. The molecule has 2 aromatic carbocycles. The Morgan fingerprint density at radius 1 is 1.18 bits per heavy atom. The number of ether oxygens (including phenoxy) is 1. The number of amidine groups is 1. The van der Waals surface area contributed by atoms with Gasteiger partial charge in [0.05, 0.1) is 19.7 Å². The number of methoxy groups -OCH3 is 1. The topological polar surface area (TPSA) is 104 Å². The fourth-order valence-corrected chi connectivity index (χ4v) is 2.60. The van der Waals surface area contributed by atoms with Crippen molar-refractivity contribution in [2.75, 3.05) is 7.11 Å². The first-order chi connectivity index (χ1) is 13.6. The van der Waals surface area contributed by atoms with Crippen molar-refractivity contribution in [1.82, 2.24) is 16.3 Å². The first-order valence-electron chi connectivity index (χ1n) is 8.76. The van der Waals surface area contributed by atoms with Gasteiger partial charge in [-0.3, -0.25) is 25.4 Å². The fraction of sp³-hybridized carbons (Fsp3) is 0.200. The molecule has 144 valence electrons. The molecule has 3 rings (SSSR count). The van der Waals surface area contributed by atoms with E-state index in [1.54, 1.807) is 19.2 Å². The van der Waals surface area contributed by atoms with E-state index < -0.39 is 11.9 Å². The zero-order chi connectivity index (χ0) is 19.8. The summed E-state index contributed by atoms with van der Waals surface area (Å²) in [5.41, 5.74) is 9.61. The number of hydrogen-bond donors (Lipinski definition) is 3. The minimum atomic E-state index is -0.795. The van der Waals surface area contributed by atoms with E-state index in [0.29, 0.717) is 12.3 Å². The number of rotatable bonds is 7. The van der Waals surface area contributed by atoms with Gasteiger partial charge in [-0.1, -0.05) is 30.3 Å². The van der Waals surface area contributed by atoms with Gasteiger partial charge in [0.25, 0.3) is 5.91 Å². The maximum absolute atomic E-state index is 12.1. The average molecular weight is 379 g/mol. The van der Waals surface area contributed by atoms with Gasteiger partial charge in [0.1, 0.15) is 17.6 Å². The normalized spacial score (nSPS) is 16.1. The number of nitrogens with zero attached hydrogens (tertiary/aromatic N) is 2. The average Bonchev–Trinajstić information content (AvgIpc) is 2.72. The van der Waals surface area contributed by atoms with Gasteiger partial charge in [-0.2, -0.15) is 5.10 Å². The molecule has 1 atom stereocenters. The number of nitrogens with one attached hydrogen (secondary N) is 3. The Labute approximate surface area is 162 Å². The van der Waals surface area contributed by atoms with E-state index in [1.165, 1.54) is 6.21 Å². The predicted octanol–water partition coefficient (Wildman–Crippen LogP) is 1.18. The second kappa shape index (κ2) is 9.31. The maximum Gasteiger partial charge on any atom is 0.263 e. The summed E-state index contributed by atoms with van der Waals surface area (Å²) < 4.78 is 5.08. The molecule has 0 fully saturated rings. The van der Waals surface area contributed by atoms with Gasteiger partial charge in [0.2, 0.25) is 5.91 Å². The van der Waals surface area contributed by atoms with Crippen molar-refractivity contribution in [2.24, 2.45) is 10.1 Å². The summed E-state index contributed by atoms with van der Waals surface area (Å²) in [4.78, 5) is 28.4. The SMILES string of the molecule is COc1ccc(/C=N\NC(=O)C[C@@H]2N=C(Cc3ccccc3)NNC2=O)cc1. The molecule has 8 nitrogen and oxygen atoms in total. The van der Waals surface area contributed by atoms with Gasteiger partial charge in [-0.15, -0.1) is 0 Å². The van der Waals surface area contributed by atoms with Crippen LogP contribution in [-0.4, -0.2) is 37.0 Å². The van der Waals surface area contributed by atoms with Crippen LogP contribution in [0.4, 0.5) is 0 Å². The van der Waals surface area contributed by atoms with E-state index in [2.05, 4.69) is 26.4 Å². The Balaban J connectivity index is 1.54. The van der Waals surface area contributed by atoms with Gasteiger partial charge in [0, 0.05) is 6.42 Å². The molecule has 2 aromatic rings. The van der Waals surface area contributed by atoms with Crippen molar-refractivity contribution < 1.29 is 14.3 Å². The highest BCUT2D eigenvalue weighted by molar-refractivity contribution is 5.96. The van der Waals surface area contributed by atoms with Crippen LogP contribution < -0.4 is 21.0 Å². The second-order valence-corrected chi connectivity index (χ2v) is 6.14. The van der Waals surface area contributed by atoms with Crippen LogP contribution in [0.1, 0.15) is 17.5 Å². The number of hydrogen-bond acceptors (Lipinski definition) is 6. The monoisotopic (exact) mass is 379 g/mol. The highest BCUT2D eigenvalue weighted by Crippen LogP contribution is 2.10. The molecule has 0 saturated carbocycles. The molecule has 3 N–H and O–H groups in total. The number of hydrazone groups is 1. The summed E-state index contributed by atoms with van der Waals surface area (Å²) in [5, 5.41) is 3.91. The van der Waals surface area contributed by atoms with Crippen LogP contribution in [0.3, 0.4) is 0 Å². The van der Waals surface area contributed by atoms with Crippen molar-refractivity contribution in [1.29, 1.82) is 0 Å². The first kappa shape index (κ1) is 19.1. The lowest BCUT2D eigenvalue weighted by Crippen LogP contribution is -2.52. The summed E-state index contributed by atoms with van der Waals surface area (Å²) in [7, 11) is 1.59. The second-order valence-electron chi connectivity index (χ2n) is 6.14. The van der Waals surface area contributed by atoms with Crippen molar-refractivity contribution >= 4 is 23.9 Å². The molecule has 0 aromatic heterocycles. The van der Waals surface area contributed by atoms with Crippen LogP contribution >= 0.6 is 0 Å². The molecule has 8 heteroatoms. The van der Waals surface area contributed by atoms with E-state index in [4.69, 9.17) is 4.74 Å². The van der Waals surface area contributed by atoms with Gasteiger partial charge in [-0.25, -0.2) is 5.43 Å². The summed E-state index contributed by atoms with van der Waals surface area (Å²) in [5.74, 6) is 0.591. The number of hydrazine groups is 1. The van der Waals surface area contributed by atoms with Crippen molar-refractivity contribution in [3.63, 3.8) is 0 Å². The minimum Gasteiger partial charge on any atom is -0.497 e. The van der Waals surface area contributed by atoms with Crippen molar-refractivity contribution in [2.45, 2.75) is 18.9 Å². The van der Waals surface area contributed by atoms with E-state index in [0.717, 1.165) is 16.9 Å². The predicted molar refractivity (Wildman–Crippen MR) is 106 cm³/mol. The highest BCUT2D eigenvalue weighted by atomic mass is 16.5. The third-order valence-corrected chi connectivity index (χ3v) is 4.06. The number of carbonyl (C=O) groups is 2. The highest BCUT2D eigenvalue weighted by Gasteiger charge is 2.25. The van der Waals surface area contributed by atoms with Gasteiger partial charge >= 0.3 is 0 Å². The zero-order valence-electron chi connectivity index (χ0n) is 15.4. The molecule has 0 saturated heterocycles. The van der Waals surface area contributed by atoms with Gasteiger partial charge < -0.3 is 4.74 Å². The molecule has 1 heterocycles. The lowest BCUT2D eigenvalue weighted by Gasteiger charge is -2.21. The summed E-state index contributed by atoms with van der Waals surface area (Å²) in [6.07, 6.45) is 1.96. The molecule has 2 amide bonds. The van der Waals surface area contributed by atoms with Crippen LogP contribution in [0.2, 0.25) is 0 Å². The zero-order valence-corrected chi connectivity index (χ0v) is 15.4. The van der Waals surface area contributed by atoms with E-state index >= 15 is 0 Å². The Hall–Kier alpha value is -3.68. The van der Waals surface area contributed by atoms with Crippen LogP contribution in [0.25, 0.3) is 0 Å². The number of carbonyl (C=O) groups excluding carboxylic acids is 2. The molecule has 0 bridgehead atoms. The van der Waals surface area contributed by atoms with Crippen molar-refractivity contribution in [3.05, 3.63) is 65.7 Å². The summed E-state index contributed by atoms with van der Waals surface area (Å²) in [6.45, 7) is 0. The lowest BCUT2D eigenvalue weighted by molar-refractivity contribution is -0.128. The Bertz CT molecular complexity index is 878. The van der Waals surface area contributed by atoms with Crippen molar-refractivity contribution in [3.8, 4) is 5.75 Å². The third-order valence-electron chi connectivity index (χ3n) is 4.06. The Kier molecular flexibility index (Phi) is 6.35. The van der Waals surface area contributed by atoms with E-state index in [9.17, 15) is 9.59 Å². The molecule has 0 aliphatic carbocycles. The molecule has 0 radical (unpaired) electrons. The quantitative estimate of drug-likeness (QED) is 0.496. The van der Waals surface area contributed by atoms with Crippen LogP contribution in [-0.2, 0) is 16.0 Å². The maximum atomic E-state index is 12.1.